The smallest absolute Gasteiger partial charge is 0.313 e. The van der Waals surface area contributed by atoms with E-state index in [1.54, 1.807) is 0 Å². The standard InChI is InChI=1S/C13H14FNO4/c1-13(12(17)18)7-19-6-10(13)15-11(16)8-3-2-4-9(14)5-8/h2-5,10H,6-7H2,1H3,(H,15,16)(H,17,18). The maximum Gasteiger partial charge on any atom is 0.313 e. The zero-order valence-corrected chi connectivity index (χ0v) is 10.4. The van der Waals surface area contributed by atoms with Gasteiger partial charge in [-0.25, -0.2) is 4.39 Å². The van der Waals surface area contributed by atoms with E-state index < -0.39 is 29.2 Å². The molecule has 0 bridgehead atoms. The lowest BCUT2D eigenvalue weighted by molar-refractivity contribution is -0.148. The number of aliphatic carboxylic acids is 1. The zero-order chi connectivity index (χ0) is 14.0. The number of carbonyl (C=O) groups is 2. The quantitative estimate of drug-likeness (QED) is 0.858. The van der Waals surface area contributed by atoms with Crippen LogP contribution in [0.5, 0.6) is 0 Å². The highest BCUT2D eigenvalue weighted by Gasteiger charge is 2.47. The number of carboxylic acid groups (broad SMARTS) is 1. The van der Waals surface area contributed by atoms with Crippen LogP contribution in [0.2, 0.25) is 0 Å². The van der Waals surface area contributed by atoms with Crippen molar-refractivity contribution >= 4 is 11.9 Å². The average Bonchev–Trinajstić information content (AvgIpc) is 2.72. The third kappa shape index (κ3) is 2.58. The van der Waals surface area contributed by atoms with Gasteiger partial charge in [-0.1, -0.05) is 6.07 Å². The van der Waals surface area contributed by atoms with E-state index in [1.807, 2.05) is 0 Å². The summed E-state index contributed by atoms with van der Waals surface area (Å²) < 4.78 is 18.1. The summed E-state index contributed by atoms with van der Waals surface area (Å²) in [4.78, 5) is 23.2. The van der Waals surface area contributed by atoms with Gasteiger partial charge in [0.1, 0.15) is 11.2 Å². The molecule has 1 heterocycles. The van der Waals surface area contributed by atoms with Gasteiger partial charge in [-0.05, 0) is 25.1 Å². The first-order valence-corrected chi connectivity index (χ1v) is 5.81. The number of rotatable bonds is 3. The van der Waals surface area contributed by atoms with Gasteiger partial charge >= 0.3 is 5.97 Å². The predicted octanol–water partition coefficient (Wildman–Crippen LogP) is 1.05. The fourth-order valence-corrected chi connectivity index (χ4v) is 1.96. The number of hydrogen-bond donors (Lipinski definition) is 2. The summed E-state index contributed by atoms with van der Waals surface area (Å²) in [6, 6.07) is 4.58. The number of ether oxygens (including phenoxy) is 1. The van der Waals surface area contributed by atoms with Gasteiger partial charge in [-0.15, -0.1) is 0 Å². The molecule has 1 aromatic carbocycles. The Bertz CT molecular complexity index is 519. The van der Waals surface area contributed by atoms with Crippen LogP contribution >= 0.6 is 0 Å². The number of amides is 1. The van der Waals surface area contributed by atoms with E-state index in [9.17, 15) is 19.1 Å². The van der Waals surface area contributed by atoms with Gasteiger partial charge in [0, 0.05) is 5.56 Å². The summed E-state index contributed by atoms with van der Waals surface area (Å²) in [7, 11) is 0. The van der Waals surface area contributed by atoms with Crippen molar-refractivity contribution in [3.8, 4) is 0 Å². The number of carboxylic acids is 1. The van der Waals surface area contributed by atoms with E-state index in [2.05, 4.69) is 5.32 Å². The van der Waals surface area contributed by atoms with Crippen LogP contribution in [0.3, 0.4) is 0 Å². The second kappa shape index (κ2) is 4.97. The molecule has 0 aromatic heterocycles. The van der Waals surface area contributed by atoms with Crippen molar-refractivity contribution in [2.24, 2.45) is 5.41 Å². The maximum atomic E-state index is 13.0. The Balaban J connectivity index is 2.13. The minimum absolute atomic E-state index is 0.0381. The molecule has 0 saturated carbocycles. The predicted molar refractivity (Wildman–Crippen MR) is 64.2 cm³/mol. The molecule has 2 rings (SSSR count). The van der Waals surface area contributed by atoms with Crippen LogP contribution < -0.4 is 5.32 Å². The lowest BCUT2D eigenvalue weighted by atomic mass is 9.85. The fourth-order valence-electron chi connectivity index (χ4n) is 1.96. The first-order valence-electron chi connectivity index (χ1n) is 5.81. The number of hydrogen-bond acceptors (Lipinski definition) is 3. The molecule has 5 nitrogen and oxygen atoms in total. The topological polar surface area (TPSA) is 75.6 Å². The van der Waals surface area contributed by atoms with Gasteiger partial charge in [-0.2, -0.15) is 0 Å². The summed E-state index contributed by atoms with van der Waals surface area (Å²) in [5, 5.41) is 11.8. The molecule has 6 heteroatoms. The molecule has 2 N–H and O–H groups in total. The highest BCUT2D eigenvalue weighted by molar-refractivity contribution is 5.95. The van der Waals surface area contributed by atoms with Crippen molar-refractivity contribution < 1.29 is 23.8 Å². The summed E-state index contributed by atoms with van der Waals surface area (Å²) in [5.41, 5.74) is -1.01. The molecular formula is C13H14FNO4. The minimum Gasteiger partial charge on any atom is -0.481 e. The Morgan fingerprint density at radius 1 is 1.53 bits per heavy atom. The zero-order valence-electron chi connectivity index (χ0n) is 10.4. The third-order valence-electron chi connectivity index (χ3n) is 3.34. The summed E-state index contributed by atoms with van der Waals surface area (Å²) in [6.07, 6.45) is 0. The highest BCUT2D eigenvalue weighted by atomic mass is 19.1. The lowest BCUT2D eigenvalue weighted by Crippen LogP contribution is -2.49. The van der Waals surface area contributed by atoms with Gasteiger partial charge in [0.05, 0.1) is 19.3 Å². The Morgan fingerprint density at radius 3 is 2.89 bits per heavy atom. The normalized spacial score (nSPS) is 26.1. The van der Waals surface area contributed by atoms with E-state index in [0.29, 0.717) is 0 Å². The molecule has 1 saturated heterocycles. The Hall–Kier alpha value is -1.95. The molecule has 1 aromatic rings. The van der Waals surface area contributed by atoms with Crippen LogP contribution in [-0.2, 0) is 9.53 Å². The van der Waals surface area contributed by atoms with E-state index in [4.69, 9.17) is 4.74 Å². The van der Waals surface area contributed by atoms with Gasteiger partial charge in [-0.3, -0.25) is 9.59 Å². The van der Waals surface area contributed by atoms with Crippen molar-refractivity contribution in [3.63, 3.8) is 0 Å². The van der Waals surface area contributed by atoms with E-state index in [0.717, 1.165) is 6.07 Å². The maximum absolute atomic E-state index is 13.0. The van der Waals surface area contributed by atoms with Crippen LogP contribution in [0.4, 0.5) is 4.39 Å². The van der Waals surface area contributed by atoms with E-state index in [1.165, 1.54) is 25.1 Å². The van der Waals surface area contributed by atoms with Crippen molar-refractivity contribution in [1.29, 1.82) is 0 Å². The molecule has 19 heavy (non-hydrogen) atoms. The Morgan fingerprint density at radius 2 is 2.26 bits per heavy atom. The molecule has 1 aliphatic heterocycles. The number of benzene rings is 1. The van der Waals surface area contributed by atoms with Crippen molar-refractivity contribution in [1.82, 2.24) is 5.32 Å². The van der Waals surface area contributed by atoms with Gasteiger partial charge in [0.15, 0.2) is 0 Å². The van der Waals surface area contributed by atoms with Crippen LogP contribution in [0.15, 0.2) is 24.3 Å². The minimum atomic E-state index is -1.16. The van der Waals surface area contributed by atoms with Crippen LogP contribution in [0, 0.1) is 11.2 Å². The molecular weight excluding hydrogens is 253 g/mol. The van der Waals surface area contributed by atoms with Crippen molar-refractivity contribution in [3.05, 3.63) is 35.6 Å². The number of halogens is 1. The molecule has 0 spiro atoms. The van der Waals surface area contributed by atoms with Gasteiger partial charge < -0.3 is 15.2 Å². The highest BCUT2D eigenvalue weighted by Crippen LogP contribution is 2.28. The Labute approximate surface area is 109 Å². The summed E-state index contributed by atoms with van der Waals surface area (Å²) in [5.74, 6) is -2.06. The van der Waals surface area contributed by atoms with E-state index >= 15 is 0 Å². The second-order valence-electron chi connectivity index (χ2n) is 4.77. The van der Waals surface area contributed by atoms with Crippen molar-refractivity contribution in [2.75, 3.05) is 13.2 Å². The summed E-state index contributed by atoms with van der Waals surface area (Å²) in [6.45, 7) is 1.68. The molecule has 1 amide bonds. The molecule has 2 atom stereocenters. The summed E-state index contributed by atoms with van der Waals surface area (Å²) >= 11 is 0. The molecule has 102 valence electrons. The average molecular weight is 267 g/mol. The van der Waals surface area contributed by atoms with Gasteiger partial charge in [0.25, 0.3) is 5.91 Å². The van der Waals surface area contributed by atoms with Crippen molar-refractivity contribution in [2.45, 2.75) is 13.0 Å². The lowest BCUT2D eigenvalue weighted by Gasteiger charge is -2.25. The number of carbonyl (C=O) groups excluding carboxylic acids is 1. The molecule has 1 fully saturated rings. The first-order chi connectivity index (χ1) is 8.93. The largest absolute Gasteiger partial charge is 0.481 e. The molecule has 0 radical (unpaired) electrons. The Kier molecular flexibility index (Phi) is 3.53. The second-order valence-corrected chi connectivity index (χ2v) is 4.77. The molecule has 2 unspecified atom stereocenters. The van der Waals surface area contributed by atoms with Crippen LogP contribution in [-0.4, -0.2) is 36.2 Å². The first kappa shape index (κ1) is 13.5. The van der Waals surface area contributed by atoms with Crippen LogP contribution in [0.1, 0.15) is 17.3 Å². The van der Waals surface area contributed by atoms with E-state index in [-0.39, 0.29) is 18.8 Å². The SMILES string of the molecule is CC1(C(=O)O)COCC1NC(=O)c1cccc(F)c1. The number of nitrogens with one attached hydrogen (secondary N) is 1. The molecule has 1 aliphatic rings. The fraction of sp³-hybridized carbons (Fsp3) is 0.385. The third-order valence-corrected chi connectivity index (χ3v) is 3.34. The van der Waals surface area contributed by atoms with Crippen LogP contribution in [0.25, 0.3) is 0 Å². The molecule has 0 aliphatic carbocycles. The van der Waals surface area contributed by atoms with Gasteiger partial charge in [0.2, 0.25) is 0 Å². The monoisotopic (exact) mass is 267 g/mol.